The van der Waals surface area contributed by atoms with Crippen molar-refractivity contribution in [3.05, 3.63) is 24.3 Å². The lowest BCUT2D eigenvalue weighted by Crippen LogP contribution is -2.25. The van der Waals surface area contributed by atoms with E-state index in [1.54, 1.807) is 18.2 Å². The normalized spacial score (nSPS) is 21.1. The van der Waals surface area contributed by atoms with Gasteiger partial charge in [-0.25, -0.2) is 0 Å². The van der Waals surface area contributed by atoms with Crippen molar-refractivity contribution in [2.75, 3.05) is 13.2 Å². The fourth-order valence-electron chi connectivity index (χ4n) is 6.29. The minimum Gasteiger partial charge on any atom is -0.463 e. The number of unbranched alkanes of at least 4 members (excludes halogenated alkanes) is 16. The molecule has 1 aliphatic rings. The molecule has 6 atom stereocenters. The molecule has 1 rings (SSSR count). The maximum atomic E-state index is 12.1. The van der Waals surface area contributed by atoms with E-state index >= 15 is 0 Å². The summed E-state index contributed by atoms with van der Waals surface area (Å²) < 4.78 is 10.2. The second kappa shape index (κ2) is 29.2. The molecule has 1 fully saturated rings. The molecule has 0 aromatic carbocycles. The number of carbonyl (C=O) groups excluding carboxylic acids is 2. The Morgan fingerprint density at radius 3 is 1.77 bits per heavy atom. The molecule has 0 unspecified atom stereocenters. The van der Waals surface area contributed by atoms with Crippen LogP contribution in [0.25, 0.3) is 0 Å². The fraction of sp³-hybridized carbons (Fsp3) is 0.846. The van der Waals surface area contributed by atoms with Gasteiger partial charge in [0.25, 0.3) is 0 Å². The van der Waals surface area contributed by atoms with Crippen LogP contribution in [-0.4, -0.2) is 70.0 Å². The van der Waals surface area contributed by atoms with Crippen LogP contribution in [0.5, 0.6) is 0 Å². The minimum absolute atomic E-state index is 0.00766. The predicted octanol–water partition coefficient (Wildman–Crippen LogP) is 7.89. The third-order valence-corrected chi connectivity index (χ3v) is 9.29. The van der Waals surface area contributed by atoms with Crippen LogP contribution < -0.4 is 0 Å². The summed E-state index contributed by atoms with van der Waals surface area (Å²) in [6.07, 6.45) is 27.9. The molecule has 4 N–H and O–H groups in total. The van der Waals surface area contributed by atoms with E-state index in [1.807, 2.05) is 6.08 Å². The molecule has 1 saturated carbocycles. The summed E-state index contributed by atoms with van der Waals surface area (Å²) in [4.78, 5) is 24.1. The van der Waals surface area contributed by atoms with E-state index in [0.717, 1.165) is 38.5 Å². The number of allylic oxidation sites excluding steroid dienone is 1. The second-order valence-corrected chi connectivity index (χ2v) is 13.7. The Bertz CT molecular complexity index is 828. The van der Waals surface area contributed by atoms with Gasteiger partial charge in [-0.3, -0.25) is 9.59 Å². The summed E-state index contributed by atoms with van der Waals surface area (Å²) >= 11 is 0. The van der Waals surface area contributed by atoms with E-state index in [1.165, 1.54) is 77.0 Å². The minimum atomic E-state index is -1.08. The van der Waals surface area contributed by atoms with Gasteiger partial charge in [0.05, 0.1) is 24.7 Å². The monoisotopic (exact) mass is 667 g/mol. The molecule has 0 aromatic rings. The highest BCUT2D eigenvalue weighted by atomic mass is 16.6. The lowest BCUT2D eigenvalue weighted by atomic mass is 9.89. The van der Waals surface area contributed by atoms with Crippen LogP contribution >= 0.6 is 0 Å². The first-order valence-corrected chi connectivity index (χ1v) is 19.1. The van der Waals surface area contributed by atoms with Crippen LogP contribution in [0, 0.1) is 11.8 Å². The van der Waals surface area contributed by atoms with E-state index in [9.17, 15) is 30.0 Å². The van der Waals surface area contributed by atoms with Gasteiger partial charge in [-0.15, -0.1) is 0 Å². The van der Waals surface area contributed by atoms with Gasteiger partial charge in [-0.2, -0.15) is 0 Å². The van der Waals surface area contributed by atoms with Crippen molar-refractivity contribution in [2.24, 2.45) is 11.8 Å². The molecule has 1 aliphatic carbocycles. The zero-order valence-electron chi connectivity index (χ0n) is 29.9. The topological polar surface area (TPSA) is 134 Å². The van der Waals surface area contributed by atoms with Crippen LogP contribution in [-0.2, 0) is 19.1 Å². The van der Waals surface area contributed by atoms with Crippen LogP contribution in [0.1, 0.15) is 162 Å². The summed E-state index contributed by atoms with van der Waals surface area (Å²) in [5.41, 5.74) is 0. The maximum Gasteiger partial charge on any atom is 0.309 e. The number of aliphatic hydroxyl groups excluding tert-OH is 4. The maximum absolute atomic E-state index is 12.1. The van der Waals surface area contributed by atoms with E-state index in [2.05, 4.69) is 13.8 Å². The summed E-state index contributed by atoms with van der Waals surface area (Å²) in [6, 6.07) is 0. The molecule has 0 saturated heterocycles. The summed E-state index contributed by atoms with van der Waals surface area (Å²) in [5, 5.41) is 41.0. The molecule has 0 bridgehead atoms. The number of carbonyl (C=O) groups is 2. The van der Waals surface area contributed by atoms with Crippen LogP contribution in [0.4, 0.5) is 0 Å². The lowest BCUT2D eigenvalue weighted by molar-refractivity contribution is -0.151. The van der Waals surface area contributed by atoms with Gasteiger partial charge in [-0.05, 0) is 25.2 Å². The van der Waals surface area contributed by atoms with Gasteiger partial charge in [0, 0.05) is 18.8 Å². The Hall–Kier alpha value is -1.74. The highest BCUT2D eigenvalue weighted by molar-refractivity contribution is 5.71. The van der Waals surface area contributed by atoms with Gasteiger partial charge < -0.3 is 29.9 Å². The Labute approximate surface area is 286 Å². The van der Waals surface area contributed by atoms with Crippen molar-refractivity contribution in [1.82, 2.24) is 0 Å². The fourth-order valence-corrected chi connectivity index (χ4v) is 6.29. The van der Waals surface area contributed by atoms with Gasteiger partial charge >= 0.3 is 11.9 Å². The van der Waals surface area contributed by atoms with Crippen molar-refractivity contribution < 1.29 is 39.5 Å². The number of hydrogen-bond donors (Lipinski definition) is 4. The second-order valence-electron chi connectivity index (χ2n) is 13.7. The molecular formula is C39H70O8. The molecule has 0 amide bonds. The smallest absolute Gasteiger partial charge is 0.309 e. The number of rotatable bonds is 30. The average Bonchev–Trinajstić information content (AvgIpc) is 3.32. The van der Waals surface area contributed by atoms with Crippen LogP contribution in [0.3, 0.4) is 0 Å². The first-order chi connectivity index (χ1) is 22.8. The molecule has 47 heavy (non-hydrogen) atoms. The Morgan fingerprint density at radius 1 is 0.681 bits per heavy atom. The first kappa shape index (κ1) is 43.3. The quantitative estimate of drug-likeness (QED) is 0.0346. The molecule has 0 spiro atoms. The van der Waals surface area contributed by atoms with Gasteiger partial charge in [0.15, 0.2) is 0 Å². The predicted molar refractivity (Wildman–Crippen MR) is 189 cm³/mol. The highest BCUT2D eigenvalue weighted by Gasteiger charge is 2.39. The molecule has 0 aromatic heterocycles. The van der Waals surface area contributed by atoms with Gasteiger partial charge in [0.1, 0.15) is 19.3 Å². The van der Waals surface area contributed by atoms with E-state index < -0.39 is 30.4 Å². The molecule has 8 nitrogen and oxygen atoms in total. The third-order valence-electron chi connectivity index (χ3n) is 9.29. The molecule has 274 valence electrons. The van der Waals surface area contributed by atoms with Crippen molar-refractivity contribution in [3.8, 4) is 0 Å². The van der Waals surface area contributed by atoms with Crippen molar-refractivity contribution in [2.45, 2.75) is 186 Å². The number of ether oxygens (including phenoxy) is 2. The van der Waals surface area contributed by atoms with E-state index in [0.29, 0.717) is 19.3 Å². The van der Waals surface area contributed by atoms with Crippen molar-refractivity contribution in [3.63, 3.8) is 0 Å². The van der Waals surface area contributed by atoms with Crippen LogP contribution in [0.2, 0.25) is 0 Å². The number of hydrogen-bond acceptors (Lipinski definition) is 8. The van der Waals surface area contributed by atoms with Crippen LogP contribution in [0.15, 0.2) is 24.3 Å². The standard InChI is InChI=1S/C39H70O8/c1-3-5-7-8-9-10-11-12-13-14-15-16-17-18-20-25-38(44)46-30-33(41)31-47-39(45)26-22-21-24-34-35(37(43)29-36(34)42)28-27-32(40)23-19-6-4-2/h21-22,27-28,32-37,40-43H,3-20,23-26,29-31H2,1-2H3/b22-21-,28-27+/t32-,33-,34+,35-,36+,37-/m1/s1. The zero-order valence-corrected chi connectivity index (χ0v) is 29.9. The SMILES string of the molecule is CCCCCCCCCCCCCCCCCC(=O)OC[C@@H](O)COC(=O)C/C=C\C[C@H]1[C@@H](/C=C/[C@H](O)CCCCC)[C@H](O)C[C@@H]1O. The molecule has 0 heterocycles. The molecule has 0 radical (unpaired) electrons. The van der Waals surface area contributed by atoms with Crippen molar-refractivity contribution >= 4 is 11.9 Å². The van der Waals surface area contributed by atoms with E-state index in [4.69, 9.17) is 9.47 Å². The molecule has 8 heteroatoms. The lowest BCUT2D eigenvalue weighted by Gasteiger charge is -2.19. The zero-order chi connectivity index (χ0) is 34.5. The number of esters is 2. The summed E-state index contributed by atoms with van der Waals surface area (Å²) in [7, 11) is 0. The average molecular weight is 667 g/mol. The largest absolute Gasteiger partial charge is 0.463 e. The first-order valence-electron chi connectivity index (χ1n) is 19.1. The van der Waals surface area contributed by atoms with Crippen molar-refractivity contribution in [1.29, 1.82) is 0 Å². The Kier molecular flexibility index (Phi) is 26.9. The third kappa shape index (κ3) is 23.3. The van der Waals surface area contributed by atoms with Gasteiger partial charge in [0.2, 0.25) is 0 Å². The summed E-state index contributed by atoms with van der Waals surface area (Å²) in [5.74, 6) is -1.32. The number of aliphatic hydroxyl groups is 4. The van der Waals surface area contributed by atoms with Gasteiger partial charge in [-0.1, -0.05) is 147 Å². The Morgan fingerprint density at radius 2 is 1.19 bits per heavy atom. The Balaban J connectivity index is 2.07. The summed E-state index contributed by atoms with van der Waals surface area (Å²) in [6.45, 7) is 3.92. The molecule has 0 aliphatic heterocycles. The molecular weight excluding hydrogens is 596 g/mol. The van der Waals surface area contributed by atoms with E-state index in [-0.39, 0.29) is 43.9 Å². The highest BCUT2D eigenvalue weighted by Crippen LogP contribution is 2.36.